The van der Waals surface area contributed by atoms with Gasteiger partial charge < -0.3 is 5.32 Å². The minimum atomic E-state index is -3.53. The van der Waals surface area contributed by atoms with E-state index in [1.54, 1.807) is 28.6 Å². The van der Waals surface area contributed by atoms with Crippen molar-refractivity contribution in [2.75, 3.05) is 24.2 Å². The Balaban J connectivity index is 1.34. The second-order valence-electron chi connectivity index (χ2n) is 8.97. The number of hydrogen-bond donors (Lipinski definition) is 1. The summed E-state index contributed by atoms with van der Waals surface area (Å²) in [6.45, 7) is 5.26. The molecule has 174 valence electrons. The number of benzene rings is 1. The van der Waals surface area contributed by atoms with E-state index < -0.39 is 10.0 Å². The number of aromatic nitrogens is 4. The largest absolute Gasteiger partial charge is 0.325 e. The molecule has 1 saturated heterocycles. The maximum atomic E-state index is 13.0. The van der Waals surface area contributed by atoms with Gasteiger partial charge in [0.2, 0.25) is 21.1 Å². The van der Waals surface area contributed by atoms with Gasteiger partial charge in [0.25, 0.3) is 0 Å². The standard InChI is InChI=1S/C21H30N6O3S2/c1-15-11-16(2)13-26(12-15)32(29,30)19-9-7-17(8-10-19)22-20(28)14-31-21-23-24-25-27(21)18-5-3-4-6-18/h7-10,15-16,18H,3-6,11-14H2,1-2H3,(H,22,28)/t15-,16-/m1/s1. The molecule has 0 radical (unpaired) electrons. The molecule has 2 fully saturated rings. The number of thioether (sulfide) groups is 1. The van der Waals surface area contributed by atoms with E-state index in [0.29, 0.717) is 41.8 Å². The molecule has 2 aliphatic rings. The maximum Gasteiger partial charge on any atom is 0.243 e. The SMILES string of the molecule is C[C@@H]1C[C@@H](C)CN(S(=O)(=O)c2ccc(NC(=O)CSc3nnnn3C3CCCC3)cc2)C1. The summed E-state index contributed by atoms with van der Waals surface area (Å²) in [5.74, 6) is 0.681. The molecule has 11 heteroatoms. The molecule has 2 heterocycles. The van der Waals surface area contributed by atoms with Crippen LogP contribution in [0, 0.1) is 11.8 Å². The van der Waals surface area contributed by atoms with E-state index in [4.69, 9.17) is 0 Å². The molecule has 1 saturated carbocycles. The van der Waals surface area contributed by atoms with Gasteiger partial charge in [0.05, 0.1) is 16.7 Å². The average Bonchev–Trinajstić information content (AvgIpc) is 3.43. The van der Waals surface area contributed by atoms with Crippen LogP contribution in [0.2, 0.25) is 0 Å². The minimum Gasteiger partial charge on any atom is -0.325 e. The van der Waals surface area contributed by atoms with Crippen LogP contribution in [0.3, 0.4) is 0 Å². The predicted molar refractivity (Wildman–Crippen MR) is 123 cm³/mol. The van der Waals surface area contributed by atoms with Gasteiger partial charge in [0, 0.05) is 18.8 Å². The van der Waals surface area contributed by atoms with Crippen LogP contribution < -0.4 is 5.32 Å². The second-order valence-corrected chi connectivity index (χ2v) is 11.9. The summed E-state index contributed by atoms with van der Waals surface area (Å²) >= 11 is 1.31. The zero-order chi connectivity index (χ0) is 22.7. The molecule has 1 aliphatic carbocycles. The molecule has 0 bridgehead atoms. The number of piperidine rings is 1. The fraction of sp³-hybridized carbons (Fsp3) is 0.619. The first kappa shape index (κ1) is 23.2. The van der Waals surface area contributed by atoms with Crippen molar-refractivity contribution >= 4 is 33.4 Å². The van der Waals surface area contributed by atoms with Crippen LogP contribution in [-0.2, 0) is 14.8 Å². The van der Waals surface area contributed by atoms with Crippen molar-refractivity contribution in [2.24, 2.45) is 11.8 Å². The maximum absolute atomic E-state index is 13.0. The van der Waals surface area contributed by atoms with Crippen LogP contribution in [0.4, 0.5) is 5.69 Å². The molecule has 9 nitrogen and oxygen atoms in total. The molecule has 1 aromatic carbocycles. The van der Waals surface area contributed by atoms with E-state index in [1.165, 1.54) is 24.6 Å². The van der Waals surface area contributed by atoms with E-state index in [9.17, 15) is 13.2 Å². The number of anilines is 1. The fourth-order valence-corrected chi connectivity index (χ4v) is 7.07. The highest BCUT2D eigenvalue weighted by Crippen LogP contribution is 2.31. The Bertz CT molecular complexity index is 1020. The number of tetrazole rings is 1. The lowest BCUT2D eigenvalue weighted by Gasteiger charge is -2.34. The normalized spacial score (nSPS) is 22.8. The van der Waals surface area contributed by atoms with Gasteiger partial charge in [0.1, 0.15) is 0 Å². The molecular formula is C21H30N6O3S2. The van der Waals surface area contributed by atoms with Gasteiger partial charge in [-0.05, 0) is 65.8 Å². The summed E-state index contributed by atoms with van der Waals surface area (Å²) in [5.41, 5.74) is 0.560. The summed E-state index contributed by atoms with van der Waals surface area (Å²) < 4.78 is 29.4. The van der Waals surface area contributed by atoms with Crippen LogP contribution in [0.1, 0.15) is 52.0 Å². The van der Waals surface area contributed by atoms with Gasteiger partial charge in [-0.15, -0.1) is 5.10 Å². The summed E-state index contributed by atoms with van der Waals surface area (Å²) in [7, 11) is -3.53. The zero-order valence-corrected chi connectivity index (χ0v) is 20.1. The van der Waals surface area contributed by atoms with Crippen molar-refractivity contribution in [3.05, 3.63) is 24.3 Å². The fourth-order valence-electron chi connectivity index (χ4n) is 4.65. The first-order valence-electron chi connectivity index (χ1n) is 11.1. The monoisotopic (exact) mass is 478 g/mol. The summed E-state index contributed by atoms with van der Waals surface area (Å²) in [6.07, 6.45) is 5.53. The Morgan fingerprint density at radius 3 is 2.44 bits per heavy atom. The smallest absolute Gasteiger partial charge is 0.243 e. The lowest BCUT2D eigenvalue weighted by atomic mass is 9.94. The van der Waals surface area contributed by atoms with Crippen LogP contribution in [0.5, 0.6) is 0 Å². The molecule has 32 heavy (non-hydrogen) atoms. The number of nitrogens with zero attached hydrogens (tertiary/aromatic N) is 5. The lowest BCUT2D eigenvalue weighted by Crippen LogP contribution is -2.42. The third-order valence-corrected chi connectivity index (χ3v) is 8.86. The highest BCUT2D eigenvalue weighted by Gasteiger charge is 2.31. The molecule has 1 amide bonds. The van der Waals surface area contributed by atoms with Crippen molar-refractivity contribution in [3.63, 3.8) is 0 Å². The zero-order valence-electron chi connectivity index (χ0n) is 18.5. The average molecular weight is 479 g/mol. The van der Waals surface area contributed by atoms with Gasteiger partial charge in [-0.25, -0.2) is 13.1 Å². The quantitative estimate of drug-likeness (QED) is 0.609. The van der Waals surface area contributed by atoms with Gasteiger partial charge >= 0.3 is 0 Å². The summed E-state index contributed by atoms with van der Waals surface area (Å²) in [5, 5.41) is 15.4. The minimum absolute atomic E-state index is 0.177. The molecular weight excluding hydrogens is 448 g/mol. The van der Waals surface area contributed by atoms with E-state index in [0.717, 1.165) is 19.3 Å². The molecule has 0 spiro atoms. The molecule has 1 N–H and O–H groups in total. The number of sulfonamides is 1. The topological polar surface area (TPSA) is 110 Å². The molecule has 1 aromatic heterocycles. The van der Waals surface area contributed by atoms with Crippen LogP contribution in [0.15, 0.2) is 34.3 Å². The first-order valence-corrected chi connectivity index (χ1v) is 13.6. The number of carbonyl (C=O) groups is 1. The predicted octanol–water partition coefficient (Wildman–Crippen LogP) is 3.19. The van der Waals surface area contributed by atoms with E-state index in [1.807, 2.05) is 4.68 Å². The summed E-state index contributed by atoms with van der Waals surface area (Å²) in [6, 6.07) is 6.70. The Morgan fingerprint density at radius 2 is 1.78 bits per heavy atom. The van der Waals surface area contributed by atoms with Crippen LogP contribution >= 0.6 is 11.8 Å². The Hall–Kier alpha value is -1.98. The Kier molecular flexibility index (Phi) is 7.16. The van der Waals surface area contributed by atoms with Crippen molar-refractivity contribution in [3.8, 4) is 0 Å². The number of amides is 1. The van der Waals surface area contributed by atoms with Crippen molar-refractivity contribution in [2.45, 2.75) is 62.0 Å². The summed E-state index contributed by atoms with van der Waals surface area (Å²) in [4.78, 5) is 12.7. The lowest BCUT2D eigenvalue weighted by molar-refractivity contribution is -0.113. The highest BCUT2D eigenvalue weighted by molar-refractivity contribution is 7.99. The highest BCUT2D eigenvalue weighted by atomic mass is 32.2. The number of nitrogens with one attached hydrogen (secondary N) is 1. The molecule has 1 aliphatic heterocycles. The van der Waals surface area contributed by atoms with E-state index in [2.05, 4.69) is 34.7 Å². The molecule has 4 rings (SSSR count). The van der Waals surface area contributed by atoms with Crippen LogP contribution in [-0.4, -0.2) is 57.7 Å². The van der Waals surface area contributed by atoms with Gasteiger partial charge in [0.15, 0.2) is 0 Å². The Morgan fingerprint density at radius 1 is 1.12 bits per heavy atom. The van der Waals surface area contributed by atoms with Crippen molar-refractivity contribution in [1.82, 2.24) is 24.5 Å². The second kappa shape index (κ2) is 9.88. The first-order chi connectivity index (χ1) is 15.3. The van der Waals surface area contributed by atoms with Crippen molar-refractivity contribution < 1.29 is 13.2 Å². The van der Waals surface area contributed by atoms with Crippen molar-refractivity contribution in [1.29, 1.82) is 0 Å². The van der Waals surface area contributed by atoms with E-state index >= 15 is 0 Å². The molecule has 0 unspecified atom stereocenters. The molecule has 2 aromatic rings. The third-order valence-electron chi connectivity index (χ3n) is 6.08. The number of hydrogen-bond acceptors (Lipinski definition) is 7. The van der Waals surface area contributed by atoms with E-state index in [-0.39, 0.29) is 16.6 Å². The Labute approximate surface area is 193 Å². The van der Waals surface area contributed by atoms with Gasteiger partial charge in [-0.1, -0.05) is 38.5 Å². The number of rotatable bonds is 7. The van der Waals surface area contributed by atoms with Gasteiger partial charge in [-0.2, -0.15) is 4.31 Å². The third kappa shape index (κ3) is 5.32. The number of carbonyl (C=O) groups excluding carboxylic acids is 1. The van der Waals surface area contributed by atoms with Crippen LogP contribution in [0.25, 0.3) is 0 Å². The van der Waals surface area contributed by atoms with Gasteiger partial charge in [-0.3, -0.25) is 4.79 Å². The molecule has 2 atom stereocenters.